The number of hydrogen-bond acceptors (Lipinski definition) is 0. The maximum absolute atomic E-state index is 9.58. The molecule has 0 saturated heterocycles. The Bertz CT molecular complexity index is 336. The van der Waals surface area contributed by atoms with E-state index in [-0.39, 0.29) is 0 Å². The van der Waals surface area contributed by atoms with Gasteiger partial charge in [0.15, 0.2) is 6.68 Å². The maximum atomic E-state index is 9.58. The molecule has 138 valence electrons. The van der Waals surface area contributed by atoms with Crippen LogP contribution in [0.5, 0.6) is 0 Å². The molecule has 0 amide bonds. The van der Waals surface area contributed by atoms with E-state index in [9.17, 15) is 13.2 Å². The number of rotatable bonds is 4. The van der Waals surface area contributed by atoms with Gasteiger partial charge in [-0.15, -0.1) is 12.8 Å². The molecule has 0 spiro atoms. The molecule has 0 aliphatic heterocycles. The summed E-state index contributed by atoms with van der Waals surface area (Å²) in [6.07, 6.45) is 24.7. The molecule has 0 fully saturated rings. The van der Waals surface area contributed by atoms with Crippen molar-refractivity contribution in [1.29, 1.82) is 0 Å². The van der Waals surface area contributed by atoms with Crippen LogP contribution in [0.25, 0.3) is 0 Å². The molecule has 0 unspecified atom stereocenters. The molecule has 0 aromatic rings. The molecule has 5 heteroatoms. The molecule has 0 bridgehead atoms. The van der Waals surface area contributed by atoms with Crippen LogP contribution in [0, 0.1) is 25.8 Å². The fourth-order valence-electron chi connectivity index (χ4n) is 1.33. The molecular formula is C19H29F3SiZr-4. The first-order chi connectivity index (χ1) is 11.6. The van der Waals surface area contributed by atoms with E-state index in [0.29, 0.717) is 0 Å². The Labute approximate surface area is 163 Å². The zero-order valence-corrected chi connectivity index (χ0v) is 18.8. The summed E-state index contributed by atoms with van der Waals surface area (Å²) in [6.45, 7) is 6.82. The predicted molar refractivity (Wildman–Crippen MR) is 97.0 cm³/mol. The van der Waals surface area contributed by atoms with Gasteiger partial charge in [-0.1, -0.05) is 39.5 Å². The first kappa shape index (κ1) is 28.6. The zero-order valence-electron chi connectivity index (χ0n) is 14.9. The van der Waals surface area contributed by atoms with Gasteiger partial charge in [0.05, 0.1) is 0 Å². The summed E-state index contributed by atoms with van der Waals surface area (Å²) in [5.41, 5.74) is 1.48. The minimum atomic E-state index is -3.08. The molecule has 2 aliphatic carbocycles. The molecule has 0 atom stereocenters. The van der Waals surface area contributed by atoms with E-state index in [2.05, 4.69) is 51.2 Å². The molecule has 0 aromatic carbocycles. The van der Waals surface area contributed by atoms with Gasteiger partial charge in [0, 0.05) is 0 Å². The molecule has 2 rings (SSSR count). The van der Waals surface area contributed by atoms with Crippen LogP contribution in [-0.4, -0.2) is 6.88 Å². The van der Waals surface area contributed by atoms with Crippen molar-refractivity contribution in [2.75, 3.05) is 0 Å². The van der Waals surface area contributed by atoms with E-state index in [1.807, 2.05) is 19.0 Å². The second-order valence-electron chi connectivity index (χ2n) is 4.51. The Morgan fingerprint density at radius 2 is 1.75 bits per heavy atom. The van der Waals surface area contributed by atoms with Crippen molar-refractivity contribution in [2.45, 2.75) is 58.8 Å². The third-order valence-electron chi connectivity index (χ3n) is 2.53. The molecule has 0 heterocycles. The molecule has 24 heavy (non-hydrogen) atoms. The quantitative estimate of drug-likeness (QED) is 0.365. The number of unbranched alkanes of at least 4 members (excludes halogenated alkanes) is 2. The average molecular weight is 434 g/mol. The van der Waals surface area contributed by atoms with Crippen LogP contribution in [0.3, 0.4) is 0 Å². The second-order valence-corrected chi connectivity index (χ2v) is 4.51. The average Bonchev–Trinajstić information content (AvgIpc) is 3.30. The molecule has 0 radical (unpaired) electrons. The summed E-state index contributed by atoms with van der Waals surface area (Å²) in [4.78, 5) is 0. The Morgan fingerprint density at radius 1 is 1.17 bits per heavy atom. The predicted octanol–water partition coefficient (Wildman–Crippen LogP) is 6.22. The van der Waals surface area contributed by atoms with Crippen molar-refractivity contribution >= 4 is 6.88 Å². The Kier molecular flexibility index (Phi) is 33.0. The molecule has 0 saturated carbocycles. The third-order valence-corrected chi connectivity index (χ3v) is 2.53. The van der Waals surface area contributed by atoms with Crippen molar-refractivity contribution < 1.29 is 36.5 Å². The number of hydrogen-bond donors (Lipinski definition) is 0. The molecule has 0 aromatic heterocycles. The summed E-state index contributed by atoms with van der Waals surface area (Å²) < 4.78 is 28.8. The summed E-state index contributed by atoms with van der Waals surface area (Å²) in [5.74, 6) is 0. The summed E-state index contributed by atoms with van der Waals surface area (Å²) in [6, 6.07) is 0. The van der Waals surface area contributed by atoms with Crippen molar-refractivity contribution in [2.24, 2.45) is 0 Å². The first-order valence-corrected chi connectivity index (χ1v) is 14.0. The fourth-order valence-corrected chi connectivity index (χ4v) is 1.33. The second kappa shape index (κ2) is 27.7. The van der Waals surface area contributed by atoms with Crippen molar-refractivity contribution in [3.05, 3.63) is 61.7 Å². The Morgan fingerprint density at radius 3 is 2.00 bits per heavy atom. The van der Waals surface area contributed by atoms with Gasteiger partial charge in [0.2, 0.25) is 0 Å². The SMILES string of the molecule is CCCCC1=CC[C-]=C1.F[C-](F)F.[C-]1=CC=CC1.[CH2-]CCC.[SiH2]=[Zr]. The van der Waals surface area contributed by atoms with Crippen molar-refractivity contribution in [3.8, 4) is 0 Å². The van der Waals surface area contributed by atoms with E-state index < -0.39 is 6.68 Å². The third kappa shape index (κ3) is 33.5. The van der Waals surface area contributed by atoms with Gasteiger partial charge in [0.1, 0.15) is 0 Å². The van der Waals surface area contributed by atoms with Gasteiger partial charge in [0.25, 0.3) is 0 Å². The van der Waals surface area contributed by atoms with Gasteiger partial charge >= 0.3 is 30.2 Å². The van der Waals surface area contributed by atoms with Crippen molar-refractivity contribution in [3.63, 3.8) is 0 Å². The zero-order chi connectivity index (χ0) is 19.1. The molecular weight excluding hydrogens is 405 g/mol. The molecule has 0 N–H and O–H groups in total. The fraction of sp³-hybridized carbons (Fsp3) is 0.474. The molecule has 2 aliphatic rings. The Balaban J connectivity index is -0.000000254. The van der Waals surface area contributed by atoms with E-state index in [1.54, 1.807) is 23.3 Å². The number of allylic oxidation sites excluding steroid dienone is 8. The van der Waals surface area contributed by atoms with E-state index in [0.717, 1.165) is 19.3 Å². The van der Waals surface area contributed by atoms with E-state index in [1.165, 1.54) is 31.3 Å². The topological polar surface area (TPSA) is 0 Å². The molecule has 0 nitrogen and oxygen atoms in total. The van der Waals surface area contributed by atoms with E-state index >= 15 is 0 Å². The van der Waals surface area contributed by atoms with Gasteiger partial charge in [-0.05, 0) is 0 Å². The first-order valence-electron chi connectivity index (χ1n) is 8.03. The summed E-state index contributed by atoms with van der Waals surface area (Å²) in [7, 11) is 0. The normalized spacial score (nSPS) is 12.7. The standard InChI is InChI=1S/C9H13.C5H5.C4H9.CF3.H2Si.Zr/c1-2-3-6-9-7-4-5-8-9;1-2-4-5-3-1;1-3-4-2;2-1(3)4;;/h7-8H,2-4,6H2,1H3;1-3H,4H2;1,3-4H2,2H3;;1H2;/q4*-1;;. The van der Waals surface area contributed by atoms with Gasteiger partial charge in [-0.2, -0.15) is 18.6 Å². The van der Waals surface area contributed by atoms with Crippen LogP contribution in [0.1, 0.15) is 58.8 Å². The monoisotopic (exact) mass is 432 g/mol. The van der Waals surface area contributed by atoms with Crippen molar-refractivity contribution in [1.82, 2.24) is 0 Å². The number of halogens is 3. The summed E-state index contributed by atoms with van der Waals surface area (Å²) >= 11 is 1.58. The minimum absolute atomic E-state index is 1.01. The van der Waals surface area contributed by atoms with Gasteiger partial charge in [-0.3, -0.25) is 12.2 Å². The van der Waals surface area contributed by atoms with Crippen LogP contribution in [0.4, 0.5) is 13.2 Å². The Hall–Kier alpha value is -0.150. The van der Waals surface area contributed by atoms with E-state index in [4.69, 9.17) is 0 Å². The van der Waals surface area contributed by atoms with Gasteiger partial charge in [-0.25, -0.2) is 23.8 Å². The van der Waals surface area contributed by atoms with Gasteiger partial charge < -0.3 is 20.1 Å². The van der Waals surface area contributed by atoms with Crippen LogP contribution in [0.2, 0.25) is 0 Å². The van der Waals surface area contributed by atoms with Crippen LogP contribution >= 0.6 is 0 Å². The van der Waals surface area contributed by atoms with Crippen LogP contribution < -0.4 is 0 Å². The van der Waals surface area contributed by atoms with Crippen LogP contribution in [-0.2, 0) is 23.3 Å². The van der Waals surface area contributed by atoms with Crippen LogP contribution in [0.15, 0.2) is 36.0 Å². The summed E-state index contributed by atoms with van der Waals surface area (Å²) in [5, 5.41) is 0.